The van der Waals surface area contributed by atoms with Crippen molar-refractivity contribution in [1.82, 2.24) is 29.5 Å². The van der Waals surface area contributed by atoms with Gasteiger partial charge in [0, 0.05) is 93.0 Å². The lowest BCUT2D eigenvalue weighted by Crippen LogP contribution is -2.49. The molecule has 0 unspecified atom stereocenters. The Hall–Kier alpha value is -5.45. The summed E-state index contributed by atoms with van der Waals surface area (Å²) in [5.41, 5.74) is 7.65. The van der Waals surface area contributed by atoms with Crippen LogP contribution in [0.4, 0.5) is 10.1 Å². The van der Waals surface area contributed by atoms with Gasteiger partial charge < -0.3 is 24.4 Å². The first kappa shape index (κ1) is 34.0. The minimum Gasteiger partial charge on any atom is -0.495 e. The van der Waals surface area contributed by atoms with Crippen LogP contribution in [0.15, 0.2) is 67.1 Å². The summed E-state index contributed by atoms with van der Waals surface area (Å²) >= 11 is 0. The SMILES string of the molecule is CCc1cc(C)ncc1-c1cc(C2=CCCN(C(=O)CCn3cccn3)C2)c(F)c2[nH]c(C(=O)N3CCN(c4cc(C)ccc4OC)CC3)cc12. The van der Waals surface area contributed by atoms with Crippen LogP contribution in [0.1, 0.15) is 52.6 Å². The van der Waals surface area contributed by atoms with Gasteiger partial charge in [0.05, 0.1) is 18.3 Å². The second-order valence-electron chi connectivity index (χ2n) is 13.4. The van der Waals surface area contributed by atoms with E-state index in [4.69, 9.17) is 4.74 Å². The van der Waals surface area contributed by atoms with Gasteiger partial charge >= 0.3 is 0 Å². The highest BCUT2D eigenvalue weighted by Crippen LogP contribution is 2.38. The molecule has 2 amide bonds. The van der Waals surface area contributed by atoms with Crippen molar-refractivity contribution in [2.45, 2.75) is 46.6 Å². The molecule has 3 aromatic heterocycles. The molecule has 5 aromatic rings. The summed E-state index contributed by atoms with van der Waals surface area (Å²) in [6.45, 7) is 9.80. The van der Waals surface area contributed by atoms with Gasteiger partial charge in [-0.2, -0.15) is 5.10 Å². The molecule has 0 saturated carbocycles. The first-order valence-electron chi connectivity index (χ1n) is 17.7. The topological polar surface area (TPSA) is 99.6 Å². The Labute approximate surface area is 297 Å². The number of halogens is 1. The van der Waals surface area contributed by atoms with Gasteiger partial charge in [-0.1, -0.05) is 19.1 Å². The number of rotatable bonds is 9. The fraction of sp³-hybridized carbons (Fsp3) is 0.350. The average Bonchev–Trinajstić information content (AvgIpc) is 3.85. The van der Waals surface area contributed by atoms with Gasteiger partial charge in [0.15, 0.2) is 5.82 Å². The van der Waals surface area contributed by atoms with E-state index in [1.54, 1.807) is 29.0 Å². The van der Waals surface area contributed by atoms with E-state index in [0.29, 0.717) is 75.3 Å². The van der Waals surface area contributed by atoms with Crippen LogP contribution in [0, 0.1) is 19.7 Å². The Kier molecular flexibility index (Phi) is 9.62. The van der Waals surface area contributed by atoms with Crippen LogP contribution < -0.4 is 9.64 Å². The molecule has 0 radical (unpaired) electrons. The largest absolute Gasteiger partial charge is 0.495 e. The maximum atomic E-state index is 16.8. The molecule has 1 N–H and O–H groups in total. The smallest absolute Gasteiger partial charge is 0.270 e. The average molecular weight is 690 g/mol. The van der Waals surface area contributed by atoms with Crippen molar-refractivity contribution in [2.24, 2.45) is 0 Å². The predicted molar refractivity (Wildman–Crippen MR) is 197 cm³/mol. The highest BCUT2D eigenvalue weighted by molar-refractivity contribution is 6.05. The third kappa shape index (κ3) is 6.85. The molecule has 51 heavy (non-hydrogen) atoms. The molecule has 10 nitrogen and oxygen atoms in total. The van der Waals surface area contributed by atoms with E-state index < -0.39 is 5.82 Å². The first-order valence-corrected chi connectivity index (χ1v) is 17.7. The van der Waals surface area contributed by atoms with Crippen LogP contribution in [0.5, 0.6) is 5.75 Å². The van der Waals surface area contributed by atoms with Crippen LogP contribution in [0.2, 0.25) is 0 Å². The van der Waals surface area contributed by atoms with E-state index in [0.717, 1.165) is 51.4 Å². The van der Waals surface area contributed by atoms with Gasteiger partial charge in [-0.15, -0.1) is 0 Å². The van der Waals surface area contributed by atoms with Crippen molar-refractivity contribution in [3.8, 4) is 16.9 Å². The van der Waals surface area contributed by atoms with Crippen LogP contribution >= 0.6 is 0 Å². The van der Waals surface area contributed by atoms with Crippen LogP contribution in [-0.4, -0.2) is 87.7 Å². The Bertz CT molecular complexity index is 2110. The maximum Gasteiger partial charge on any atom is 0.270 e. The molecule has 0 spiro atoms. The zero-order valence-electron chi connectivity index (χ0n) is 29.7. The number of aromatic nitrogens is 4. The third-order valence-electron chi connectivity index (χ3n) is 10.1. The van der Waals surface area contributed by atoms with E-state index in [1.165, 1.54) is 0 Å². The zero-order valence-corrected chi connectivity index (χ0v) is 29.7. The predicted octanol–water partition coefficient (Wildman–Crippen LogP) is 6.42. The number of carbonyl (C=O) groups excluding carboxylic acids is 2. The first-order chi connectivity index (χ1) is 24.7. The molecule has 2 aliphatic rings. The summed E-state index contributed by atoms with van der Waals surface area (Å²) in [5.74, 6) is 0.209. The summed E-state index contributed by atoms with van der Waals surface area (Å²) < 4.78 is 24.1. The van der Waals surface area contributed by atoms with E-state index in [1.807, 2.05) is 54.6 Å². The van der Waals surface area contributed by atoms with Crippen molar-refractivity contribution in [1.29, 1.82) is 0 Å². The number of aryl methyl sites for hydroxylation is 4. The van der Waals surface area contributed by atoms with E-state index in [2.05, 4.69) is 45.9 Å². The lowest BCUT2D eigenvalue weighted by molar-refractivity contribution is -0.131. The molecule has 1 saturated heterocycles. The van der Waals surface area contributed by atoms with Gasteiger partial charge in [-0.05, 0) is 85.4 Å². The summed E-state index contributed by atoms with van der Waals surface area (Å²) in [4.78, 5) is 40.9. The maximum absolute atomic E-state index is 16.8. The van der Waals surface area contributed by atoms with Crippen LogP contribution in [0.3, 0.4) is 0 Å². The molecule has 2 aromatic carbocycles. The molecule has 5 heterocycles. The van der Waals surface area contributed by atoms with Crippen molar-refractivity contribution in [2.75, 3.05) is 51.3 Å². The number of amides is 2. The van der Waals surface area contributed by atoms with E-state index in [-0.39, 0.29) is 17.3 Å². The Morgan fingerprint density at radius 1 is 0.980 bits per heavy atom. The highest BCUT2D eigenvalue weighted by Gasteiger charge is 2.28. The Morgan fingerprint density at radius 3 is 2.55 bits per heavy atom. The molecular formula is C40H44FN7O3. The van der Waals surface area contributed by atoms with Crippen LogP contribution in [-0.2, 0) is 17.8 Å². The van der Waals surface area contributed by atoms with Gasteiger partial charge in [-0.25, -0.2) is 4.39 Å². The summed E-state index contributed by atoms with van der Waals surface area (Å²) in [7, 11) is 1.67. The van der Waals surface area contributed by atoms with Crippen molar-refractivity contribution < 1.29 is 18.7 Å². The molecule has 0 bridgehead atoms. The number of methoxy groups -OCH3 is 1. The number of ether oxygens (including phenoxy) is 1. The third-order valence-corrected chi connectivity index (χ3v) is 10.1. The Morgan fingerprint density at radius 2 is 1.80 bits per heavy atom. The molecule has 264 valence electrons. The molecular weight excluding hydrogens is 645 g/mol. The van der Waals surface area contributed by atoms with Crippen molar-refractivity contribution in [3.05, 3.63) is 101 Å². The number of pyridine rings is 1. The lowest BCUT2D eigenvalue weighted by Gasteiger charge is -2.36. The number of nitrogens with one attached hydrogen (secondary N) is 1. The number of anilines is 1. The number of hydrogen-bond donors (Lipinski definition) is 1. The molecule has 2 aliphatic heterocycles. The van der Waals surface area contributed by atoms with Gasteiger partial charge in [0.2, 0.25) is 5.91 Å². The van der Waals surface area contributed by atoms with Crippen molar-refractivity contribution in [3.63, 3.8) is 0 Å². The molecule has 11 heteroatoms. The van der Waals surface area contributed by atoms with Gasteiger partial charge in [-0.3, -0.25) is 19.3 Å². The fourth-order valence-corrected chi connectivity index (χ4v) is 7.30. The molecule has 0 aliphatic carbocycles. The number of piperazine rings is 1. The van der Waals surface area contributed by atoms with E-state index in [9.17, 15) is 9.59 Å². The fourth-order valence-electron chi connectivity index (χ4n) is 7.30. The second kappa shape index (κ2) is 14.4. The quantitative estimate of drug-likeness (QED) is 0.192. The van der Waals surface area contributed by atoms with Gasteiger partial charge in [0.1, 0.15) is 11.4 Å². The van der Waals surface area contributed by atoms with E-state index >= 15 is 4.39 Å². The summed E-state index contributed by atoms with van der Waals surface area (Å²) in [5, 5.41) is 4.84. The number of H-pyrrole nitrogens is 1. The number of carbonyl (C=O) groups is 2. The normalized spacial score (nSPS) is 15.0. The number of hydrogen-bond acceptors (Lipinski definition) is 6. The number of aromatic amines is 1. The highest BCUT2D eigenvalue weighted by atomic mass is 19.1. The summed E-state index contributed by atoms with van der Waals surface area (Å²) in [6, 6.07) is 13.7. The molecule has 1 fully saturated rings. The summed E-state index contributed by atoms with van der Waals surface area (Å²) in [6.07, 6.45) is 9.10. The number of fused-ring (bicyclic) bond motifs is 1. The lowest BCUT2D eigenvalue weighted by atomic mass is 9.91. The number of nitrogens with zero attached hydrogens (tertiary/aromatic N) is 6. The van der Waals surface area contributed by atoms with Crippen molar-refractivity contribution >= 4 is 34.0 Å². The van der Waals surface area contributed by atoms with Crippen LogP contribution in [0.25, 0.3) is 27.6 Å². The minimum atomic E-state index is -0.431. The molecule has 0 atom stereocenters. The second-order valence-corrected chi connectivity index (χ2v) is 13.4. The standard InChI is InChI=1S/C40H44FN7O3/c1-5-28-21-27(3)42-24-33(28)31-22-30(29-8-6-13-47(25-29)37(49)11-15-48-14-7-12-43-48)38(41)39-32(31)23-34(44-39)40(50)46-18-16-45(17-19-46)35-20-26(2)9-10-36(35)51-4/h7-10,12,14,20-24,44H,5-6,11,13,15-19,25H2,1-4H3. The monoisotopic (exact) mass is 689 g/mol. The minimum absolute atomic E-state index is 0.00232. The zero-order chi connectivity index (χ0) is 35.6. The van der Waals surface area contributed by atoms with Gasteiger partial charge in [0.25, 0.3) is 5.91 Å². The number of benzene rings is 2. The molecule has 7 rings (SSSR count). The Balaban J connectivity index is 1.20.